The third-order valence-electron chi connectivity index (χ3n) is 4.42. The van der Waals surface area contributed by atoms with Crippen molar-refractivity contribution in [1.29, 1.82) is 0 Å². The van der Waals surface area contributed by atoms with Gasteiger partial charge in [-0.2, -0.15) is 10.2 Å². The van der Waals surface area contributed by atoms with E-state index in [1.807, 2.05) is 41.5 Å². The predicted octanol–water partition coefficient (Wildman–Crippen LogP) is 3.03. The minimum atomic E-state index is -0.370. The fourth-order valence-corrected chi connectivity index (χ4v) is 2.81. The van der Waals surface area contributed by atoms with Crippen LogP contribution in [0.3, 0.4) is 0 Å². The van der Waals surface area contributed by atoms with E-state index in [4.69, 9.17) is 11.6 Å². The van der Waals surface area contributed by atoms with Gasteiger partial charge in [0.2, 0.25) is 5.91 Å². The number of nitrogens with zero attached hydrogens (tertiary/aromatic N) is 4. The van der Waals surface area contributed by atoms with Gasteiger partial charge in [0, 0.05) is 19.3 Å². The van der Waals surface area contributed by atoms with Crippen LogP contribution in [0.25, 0.3) is 0 Å². The third-order valence-corrected chi connectivity index (χ3v) is 4.96. The maximum absolute atomic E-state index is 12.7. The monoisotopic (exact) mass is 408 g/mol. The van der Waals surface area contributed by atoms with Crippen LogP contribution >= 0.6 is 11.6 Å². The molecule has 0 spiro atoms. The molecular weight excluding hydrogens is 380 g/mol. The van der Waals surface area contributed by atoms with E-state index >= 15 is 0 Å². The number of rotatable bonds is 8. The Balaban J connectivity index is 2.12. The van der Waals surface area contributed by atoms with Gasteiger partial charge in [-0.1, -0.05) is 32.4 Å². The molecule has 1 unspecified atom stereocenters. The smallest absolute Gasteiger partial charge is 0.273 e. The van der Waals surface area contributed by atoms with E-state index in [0.717, 1.165) is 11.4 Å². The Kier molecular flexibility index (Phi) is 7.23. The summed E-state index contributed by atoms with van der Waals surface area (Å²) in [4.78, 5) is 25.2. The summed E-state index contributed by atoms with van der Waals surface area (Å²) in [6.45, 7) is 13.0. The minimum absolute atomic E-state index is 0.211. The third kappa shape index (κ3) is 5.13. The van der Waals surface area contributed by atoms with Crippen molar-refractivity contribution >= 4 is 29.1 Å². The molecule has 0 aliphatic heterocycles. The summed E-state index contributed by atoms with van der Waals surface area (Å²) in [6.07, 6.45) is 1.68. The summed E-state index contributed by atoms with van der Waals surface area (Å²) < 4.78 is 3.36. The van der Waals surface area contributed by atoms with E-state index < -0.39 is 0 Å². The first-order valence-corrected chi connectivity index (χ1v) is 9.87. The summed E-state index contributed by atoms with van der Waals surface area (Å²) in [5.41, 5.74) is 2.19. The fourth-order valence-electron chi connectivity index (χ4n) is 2.67. The van der Waals surface area contributed by atoms with Gasteiger partial charge in [-0.05, 0) is 26.7 Å². The van der Waals surface area contributed by atoms with Gasteiger partial charge in [0.25, 0.3) is 5.91 Å². The second kappa shape index (κ2) is 9.23. The van der Waals surface area contributed by atoms with Crippen molar-refractivity contribution in [2.45, 2.75) is 54.6 Å². The van der Waals surface area contributed by atoms with E-state index in [1.165, 1.54) is 0 Å². The van der Waals surface area contributed by atoms with Gasteiger partial charge in [0.15, 0.2) is 5.69 Å². The quantitative estimate of drug-likeness (QED) is 0.701. The van der Waals surface area contributed by atoms with Gasteiger partial charge >= 0.3 is 0 Å². The molecule has 0 saturated heterocycles. The zero-order valence-corrected chi connectivity index (χ0v) is 18.1. The van der Waals surface area contributed by atoms with E-state index in [-0.39, 0.29) is 23.4 Å². The molecule has 2 N–H and O–H groups in total. The molecule has 2 rings (SSSR count). The maximum atomic E-state index is 12.7. The molecule has 8 nitrogen and oxygen atoms in total. The average Bonchev–Trinajstić information content (AvgIpc) is 3.16. The number of amides is 2. The van der Waals surface area contributed by atoms with Crippen LogP contribution < -0.4 is 10.6 Å². The summed E-state index contributed by atoms with van der Waals surface area (Å²) in [7, 11) is 0. The highest BCUT2D eigenvalue weighted by atomic mass is 35.5. The molecule has 0 aromatic carbocycles. The Labute approximate surface area is 170 Å². The van der Waals surface area contributed by atoms with Crippen LogP contribution in [0.15, 0.2) is 6.20 Å². The molecule has 2 aromatic heterocycles. The lowest BCUT2D eigenvalue weighted by Gasteiger charge is -2.13. The second-order valence-corrected chi connectivity index (χ2v) is 7.79. The number of anilines is 1. The summed E-state index contributed by atoms with van der Waals surface area (Å²) >= 11 is 6.18. The number of halogens is 1. The van der Waals surface area contributed by atoms with Crippen molar-refractivity contribution in [3.05, 3.63) is 28.3 Å². The van der Waals surface area contributed by atoms with E-state index in [9.17, 15) is 9.59 Å². The topological polar surface area (TPSA) is 93.8 Å². The van der Waals surface area contributed by atoms with Crippen LogP contribution in [0.4, 0.5) is 5.69 Å². The van der Waals surface area contributed by atoms with Crippen LogP contribution in [0.1, 0.15) is 49.6 Å². The first-order valence-electron chi connectivity index (χ1n) is 9.50. The Morgan fingerprint density at radius 3 is 2.43 bits per heavy atom. The number of carbonyl (C=O) groups excluding carboxylic acids is 2. The molecule has 0 bridgehead atoms. The fraction of sp³-hybridized carbons (Fsp3) is 0.579. The van der Waals surface area contributed by atoms with E-state index in [2.05, 4.69) is 20.8 Å². The molecule has 2 amide bonds. The van der Waals surface area contributed by atoms with Crippen molar-refractivity contribution in [1.82, 2.24) is 24.9 Å². The molecular formula is C19H29ClN6O2. The van der Waals surface area contributed by atoms with Crippen molar-refractivity contribution in [3.8, 4) is 0 Å². The van der Waals surface area contributed by atoms with Gasteiger partial charge in [0.1, 0.15) is 0 Å². The minimum Gasteiger partial charge on any atom is -0.350 e. The Morgan fingerprint density at radius 1 is 1.21 bits per heavy atom. The lowest BCUT2D eigenvalue weighted by atomic mass is 10.1. The molecule has 28 heavy (non-hydrogen) atoms. The van der Waals surface area contributed by atoms with E-state index in [1.54, 1.807) is 15.6 Å². The van der Waals surface area contributed by atoms with Gasteiger partial charge in [0.05, 0.1) is 34.6 Å². The number of carbonyl (C=O) groups is 2. The second-order valence-electron chi connectivity index (χ2n) is 7.41. The van der Waals surface area contributed by atoms with Crippen molar-refractivity contribution < 1.29 is 9.59 Å². The molecule has 154 valence electrons. The molecule has 0 aliphatic carbocycles. The van der Waals surface area contributed by atoms with Gasteiger partial charge in [-0.3, -0.25) is 19.0 Å². The first-order chi connectivity index (χ1) is 13.1. The Bertz CT molecular complexity index is 855. The maximum Gasteiger partial charge on any atom is 0.273 e. The van der Waals surface area contributed by atoms with Crippen molar-refractivity contribution in [3.63, 3.8) is 0 Å². The first kappa shape index (κ1) is 21.9. The average molecular weight is 409 g/mol. The van der Waals surface area contributed by atoms with Crippen molar-refractivity contribution in [2.24, 2.45) is 11.8 Å². The zero-order chi connectivity index (χ0) is 21.0. The number of nitrogens with one attached hydrogen (secondary N) is 2. The Hall–Kier alpha value is -2.35. The lowest BCUT2D eigenvalue weighted by Crippen LogP contribution is -2.30. The lowest BCUT2D eigenvalue weighted by molar-refractivity contribution is -0.119. The van der Waals surface area contributed by atoms with Crippen LogP contribution in [0.2, 0.25) is 5.02 Å². The highest BCUT2D eigenvalue weighted by molar-refractivity contribution is 6.31. The van der Waals surface area contributed by atoms with Gasteiger partial charge in [-0.25, -0.2) is 0 Å². The summed E-state index contributed by atoms with van der Waals surface area (Å²) in [5.74, 6) is -0.556. The SMILES string of the molecule is CCn1cc(NC(=O)C(C)Cn2nc(C)c(Cl)c2C)c(C(=O)NCC(C)C)n1. The number of hydrogen-bond acceptors (Lipinski definition) is 4. The molecule has 9 heteroatoms. The van der Waals surface area contributed by atoms with Crippen LogP contribution in [-0.4, -0.2) is 37.9 Å². The van der Waals surface area contributed by atoms with Crippen LogP contribution in [-0.2, 0) is 17.9 Å². The number of aryl methyl sites for hydroxylation is 2. The number of hydrogen-bond donors (Lipinski definition) is 2. The highest BCUT2D eigenvalue weighted by Gasteiger charge is 2.22. The van der Waals surface area contributed by atoms with Gasteiger partial charge < -0.3 is 10.6 Å². The van der Waals surface area contributed by atoms with Gasteiger partial charge in [-0.15, -0.1) is 0 Å². The molecule has 1 atom stereocenters. The number of aromatic nitrogens is 4. The summed E-state index contributed by atoms with van der Waals surface area (Å²) in [6, 6.07) is 0. The largest absolute Gasteiger partial charge is 0.350 e. The molecule has 2 aromatic rings. The molecule has 2 heterocycles. The highest BCUT2D eigenvalue weighted by Crippen LogP contribution is 2.21. The molecule has 0 fully saturated rings. The predicted molar refractivity (Wildman–Crippen MR) is 110 cm³/mol. The van der Waals surface area contributed by atoms with Crippen LogP contribution in [0.5, 0.6) is 0 Å². The standard InChI is InChI=1S/C19H29ClN6O2/c1-7-25-10-15(17(24-25)19(28)21-8-11(2)3)22-18(27)12(4)9-26-14(6)16(20)13(5)23-26/h10-12H,7-9H2,1-6H3,(H,21,28)(H,22,27). The molecule has 0 saturated carbocycles. The molecule has 0 aliphatic rings. The summed E-state index contributed by atoms with van der Waals surface area (Å²) in [5, 5.41) is 14.9. The zero-order valence-electron chi connectivity index (χ0n) is 17.3. The van der Waals surface area contributed by atoms with Crippen molar-refractivity contribution in [2.75, 3.05) is 11.9 Å². The molecule has 0 radical (unpaired) electrons. The van der Waals surface area contributed by atoms with E-state index in [0.29, 0.717) is 36.3 Å². The normalized spacial score (nSPS) is 12.3. The van der Waals surface area contributed by atoms with Crippen LogP contribution in [0, 0.1) is 25.7 Å². The Morgan fingerprint density at radius 2 is 1.89 bits per heavy atom.